The van der Waals surface area contributed by atoms with Gasteiger partial charge in [-0.05, 0) is 12.8 Å². The smallest absolute Gasteiger partial charge is 0.233 e. The molecule has 2 fully saturated rings. The molecule has 0 radical (unpaired) electrons. The molecule has 14 heavy (non-hydrogen) atoms. The topological polar surface area (TPSA) is 58.6 Å². The fourth-order valence-corrected chi connectivity index (χ4v) is 2.05. The summed E-state index contributed by atoms with van der Waals surface area (Å²) in [6, 6.07) is 0.325. The van der Waals surface area contributed by atoms with Gasteiger partial charge in [-0.2, -0.15) is 0 Å². The Bertz CT molecular complexity index is 214. The number of rotatable bonds is 3. The van der Waals surface area contributed by atoms with Gasteiger partial charge in [-0.25, -0.2) is 0 Å². The van der Waals surface area contributed by atoms with Gasteiger partial charge in [0.25, 0.3) is 0 Å². The van der Waals surface area contributed by atoms with Crippen LogP contribution in [0.2, 0.25) is 0 Å². The number of aliphatic hydroxyl groups is 1. The lowest BCUT2D eigenvalue weighted by molar-refractivity contribution is -0.170. The molecular formula is C10H17NO3. The highest BCUT2D eigenvalue weighted by molar-refractivity contribution is 5.84. The van der Waals surface area contributed by atoms with Crippen LogP contribution in [0.3, 0.4) is 0 Å². The van der Waals surface area contributed by atoms with Gasteiger partial charge in [0, 0.05) is 6.04 Å². The van der Waals surface area contributed by atoms with Crippen LogP contribution in [0.15, 0.2) is 0 Å². The second-order valence-corrected chi connectivity index (χ2v) is 4.39. The van der Waals surface area contributed by atoms with E-state index >= 15 is 0 Å². The summed E-state index contributed by atoms with van der Waals surface area (Å²) in [6.07, 6.45) is 4.56. The van der Waals surface area contributed by atoms with Crippen LogP contribution in [0, 0.1) is 5.41 Å². The number of hydrogen-bond donors (Lipinski definition) is 2. The molecule has 0 aromatic rings. The zero-order valence-corrected chi connectivity index (χ0v) is 8.29. The van der Waals surface area contributed by atoms with Crippen LogP contribution < -0.4 is 5.32 Å². The largest absolute Gasteiger partial charge is 0.395 e. The highest BCUT2D eigenvalue weighted by Crippen LogP contribution is 2.28. The number of amides is 1. The number of nitrogens with one attached hydrogen (secondary N) is 1. The highest BCUT2D eigenvalue weighted by Gasteiger charge is 2.46. The molecule has 80 valence electrons. The third-order valence-corrected chi connectivity index (χ3v) is 3.23. The van der Waals surface area contributed by atoms with E-state index in [1.165, 1.54) is 12.8 Å². The summed E-state index contributed by atoms with van der Waals surface area (Å²) in [5.74, 6) is -0.0295. The molecule has 4 nitrogen and oxygen atoms in total. The van der Waals surface area contributed by atoms with Gasteiger partial charge in [0.15, 0.2) is 0 Å². The van der Waals surface area contributed by atoms with E-state index in [0.29, 0.717) is 19.3 Å². The number of carbonyl (C=O) groups excluding carboxylic acids is 1. The molecule has 2 rings (SSSR count). The molecule has 1 heterocycles. The first-order valence-electron chi connectivity index (χ1n) is 5.26. The van der Waals surface area contributed by atoms with Crippen molar-refractivity contribution in [2.24, 2.45) is 5.41 Å². The molecule has 0 aromatic heterocycles. The van der Waals surface area contributed by atoms with Crippen LogP contribution >= 0.6 is 0 Å². The summed E-state index contributed by atoms with van der Waals surface area (Å²) in [4.78, 5) is 11.8. The SMILES string of the molecule is O=C(NC1CCCC1)C1(CO)COC1. The Morgan fingerprint density at radius 2 is 2.07 bits per heavy atom. The molecular weight excluding hydrogens is 182 g/mol. The van der Waals surface area contributed by atoms with Crippen LogP contribution in [-0.4, -0.2) is 36.9 Å². The normalized spacial score (nSPS) is 25.8. The maximum Gasteiger partial charge on any atom is 0.233 e. The molecule has 0 bridgehead atoms. The molecule has 1 saturated heterocycles. The van der Waals surface area contributed by atoms with Gasteiger partial charge in [0.05, 0.1) is 19.8 Å². The van der Waals surface area contributed by atoms with E-state index in [2.05, 4.69) is 5.32 Å². The number of aliphatic hydroxyl groups excluding tert-OH is 1. The van der Waals surface area contributed by atoms with E-state index in [9.17, 15) is 4.79 Å². The van der Waals surface area contributed by atoms with Crippen molar-refractivity contribution in [3.05, 3.63) is 0 Å². The Hall–Kier alpha value is -0.610. The molecule has 1 aliphatic carbocycles. The summed E-state index contributed by atoms with van der Waals surface area (Å²) in [6.45, 7) is 0.621. The van der Waals surface area contributed by atoms with Gasteiger partial charge in [-0.3, -0.25) is 4.79 Å². The third kappa shape index (κ3) is 1.64. The van der Waals surface area contributed by atoms with Crippen LogP contribution in [0.4, 0.5) is 0 Å². The van der Waals surface area contributed by atoms with Crippen molar-refractivity contribution in [2.75, 3.05) is 19.8 Å². The lowest BCUT2D eigenvalue weighted by Gasteiger charge is -2.38. The monoisotopic (exact) mass is 199 g/mol. The zero-order valence-electron chi connectivity index (χ0n) is 8.29. The Kier molecular flexibility index (Phi) is 2.74. The van der Waals surface area contributed by atoms with Crippen LogP contribution in [0.25, 0.3) is 0 Å². The summed E-state index contributed by atoms with van der Waals surface area (Å²) in [7, 11) is 0. The molecule has 2 aliphatic rings. The molecule has 1 amide bonds. The summed E-state index contributed by atoms with van der Waals surface area (Å²) in [5, 5.41) is 12.1. The van der Waals surface area contributed by atoms with E-state index in [1.54, 1.807) is 0 Å². The predicted molar refractivity (Wildman–Crippen MR) is 50.7 cm³/mol. The van der Waals surface area contributed by atoms with E-state index in [1.807, 2.05) is 0 Å². The Balaban J connectivity index is 1.87. The van der Waals surface area contributed by atoms with Crippen molar-refractivity contribution in [3.63, 3.8) is 0 Å². The van der Waals surface area contributed by atoms with Crippen molar-refractivity contribution in [2.45, 2.75) is 31.7 Å². The van der Waals surface area contributed by atoms with Crippen LogP contribution in [-0.2, 0) is 9.53 Å². The molecule has 0 atom stereocenters. The van der Waals surface area contributed by atoms with Crippen LogP contribution in [0.1, 0.15) is 25.7 Å². The first-order valence-corrected chi connectivity index (χ1v) is 5.26. The van der Waals surface area contributed by atoms with Crippen molar-refractivity contribution < 1.29 is 14.6 Å². The fraction of sp³-hybridized carbons (Fsp3) is 0.900. The minimum atomic E-state index is -0.636. The first kappa shape index (κ1) is 9.93. The van der Waals surface area contributed by atoms with Crippen molar-refractivity contribution >= 4 is 5.91 Å². The Morgan fingerprint density at radius 1 is 1.43 bits per heavy atom. The minimum Gasteiger partial charge on any atom is -0.395 e. The maximum absolute atomic E-state index is 11.8. The van der Waals surface area contributed by atoms with Crippen molar-refractivity contribution in [1.29, 1.82) is 0 Å². The molecule has 0 aromatic carbocycles. The number of carbonyl (C=O) groups is 1. The lowest BCUT2D eigenvalue weighted by atomic mass is 9.85. The fourth-order valence-electron chi connectivity index (χ4n) is 2.05. The summed E-state index contributed by atoms with van der Waals surface area (Å²) >= 11 is 0. The standard InChI is InChI=1S/C10H17NO3/c12-5-10(6-14-7-10)9(13)11-8-3-1-2-4-8/h8,12H,1-7H2,(H,11,13). The molecule has 1 saturated carbocycles. The van der Waals surface area contributed by atoms with Gasteiger partial charge in [-0.15, -0.1) is 0 Å². The van der Waals surface area contributed by atoms with Gasteiger partial charge in [0.2, 0.25) is 5.91 Å². The quantitative estimate of drug-likeness (QED) is 0.675. The Morgan fingerprint density at radius 3 is 2.50 bits per heavy atom. The van der Waals surface area contributed by atoms with Gasteiger partial charge < -0.3 is 15.2 Å². The highest BCUT2D eigenvalue weighted by atomic mass is 16.5. The first-order chi connectivity index (χ1) is 6.77. The average Bonchev–Trinajstić information content (AvgIpc) is 2.55. The number of ether oxygens (including phenoxy) is 1. The van der Waals surface area contributed by atoms with Gasteiger partial charge in [0.1, 0.15) is 5.41 Å². The van der Waals surface area contributed by atoms with Crippen molar-refractivity contribution in [3.8, 4) is 0 Å². The lowest BCUT2D eigenvalue weighted by Crippen LogP contribution is -2.57. The Labute approximate surface area is 83.6 Å². The van der Waals surface area contributed by atoms with Crippen molar-refractivity contribution in [1.82, 2.24) is 5.32 Å². The molecule has 4 heteroatoms. The van der Waals surface area contributed by atoms with Crippen LogP contribution in [0.5, 0.6) is 0 Å². The van der Waals surface area contributed by atoms with Gasteiger partial charge >= 0.3 is 0 Å². The zero-order chi connectivity index (χ0) is 10.0. The molecule has 0 spiro atoms. The second-order valence-electron chi connectivity index (χ2n) is 4.39. The third-order valence-electron chi connectivity index (χ3n) is 3.23. The van der Waals surface area contributed by atoms with E-state index in [4.69, 9.17) is 9.84 Å². The second kappa shape index (κ2) is 3.87. The van der Waals surface area contributed by atoms with E-state index in [0.717, 1.165) is 12.8 Å². The van der Waals surface area contributed by atoms with Gasteiger partial charge in [-0.1, -0.05) is 12.8 Å². The van der Waals surface area contributed by atoms with E-state index in [-0.39, 0.29) is 12.5 Å². The summed E-state index contributed by atoms with van der Waals surface area (Å²) in [5.41, 5.74) is -0.636. The molecule has 2 N–H and O–H groups in total. The maximum atomic E-state index is 11.8. The molecule has 0 unspecified atom stereocenters. The van der Waals surface area contributed by atoms with E-state index < -0.39 is 5.41 Å². The number of hydrogen-bond acceptors (Lipinski definition) is 3. The summed E-state index contributed by atoms with van der Waals surface area (Å²) < 4.78 is 4.99. The average molecular weight is 199 g/mol. The minimum absolute atomic E-state index is 0.0295. The predicted octanol–water partition coefficient (Wildman–Crippen LogP) is 0.0541. The molecule has 1 aliphatic heterocycles.